The zero-order valence-corrected chi connectivity index (χ0v) is 13.0. The standard InChI is InChI=1S/C15H25N3S/c1-4-16-15(19)18-11-9-12(2)7-8-14(18)13-6-5-10-17(13)3/h5-6,10,12,14H,4,7-9,11H2,1-3H3,(H,16,19)/t12-,14-/m1/s1. The highest BCUT2D eigenvalue weighted by Crippen LogP contribution is 2.32. The first kappa shape index (κ1) is 14.4. The largest absolute Gasteiger partial charge is 0.363 e. The number of hydrogen-bond acceptors (Lipinski definition) is 1. The fourth-order valence-corrected chi connectivity index (χ4v) is 3.24. The lowest BCUT2D eigenvalue weighted by Gasteiger charge is -2.32. The molecule has 0 spiro atoms. The van der Waals surface area contributed by atoms with Crippen molar-refractivity contribution in [3.63, 3.8) is 0 Å². The Balaban J connectivity index is 2.24. The Kier molecular flexibility index (Phi) is 4.86. The van der Waals surface area contributed by atoms with Gasteiger partial charge in [-0.3, -0.25) is 0 Å². The average Bonchev–Trinajstić information content (AvgIpc) is 2.69. The molecule has 2 rings (SSSR count). The molecule has 1 aromatic heterocycles. The number of nitrogens with one attached hydrogen (secondary N) is 1. The van der Waals surface area contributed by atoms with Crippen molar-refractivity contribution in [1.29, 1.82) is 0 Å². The van der Waals surface area contributed by atoms with E-state index in [2.05, 4.69) is 54.0 Å². The van der Waals surface area contributed by atoms with E-state index in [9.17, 15) is 0 Å². The van der Waals surface area contributed by atoms with Crippen LogP contribution in [0.2, 0.25) is 0 Å². The zero-order valence-electron chi connectivity index (χ0n) is 12.2. The summed E-state index contributed by atoms with van der Waals surface area (Å²) in [5.74, 6) is 0.789. The maximum absolute atomic E-state index is 5.57. The maximum atomic E-state index is 5.57. The maximum Gasteiger partial charge on any atom is 0.169 e. The molecule has 1 aromatic rings. The summed E-state index contributed by atoms with van der Waals surface area (Å²) < 4.78 is 2.22. The molecule has 0 radical (unpaired) electrons. The summed E-state index contributed by atoms with van der Waals surface area (Å²) in [7, 11) is 2.12. The molecule has 1 aliphatic heterocycles. The molecule has 0 unspecified atom stereocenters. The van der Waals surface area contributed by atoms with Crippen molar-refractivity contribution in [2.24, 2.45) is 13.0 Å². The topological polar surface area (TPSA) is 20.2 Å². The Morgan fingerprint density at radius 2 is 2.21 bits per heavy atom. The van der Waals surface area contributed by atoms with Gasteiger partial charge in [0.25, 0.3) is 0 Å². The van der Waals surface area contributed by atoms with Crippen LogP contribution < -0.4 is 5.32 Å². The second-order valence-corrected chi connectivity index (χ2v) is 5.95. The van der Waals surface area contributed by atoms with Crippen LogP contribution in [0.4, 0.5) is 0 Å². The molecule has 0 bridgehead atoms. The molecule has 3 nitrogen and oxygen atoms in total. The summed E-state index contributed by atoms with van der Waals surface area (Å²) >= 11 is 5.57. The normalized spacial score (nSPS) is 24.1. The van der Waals surface area contributed by atoms with Crippen molar-refractivity contribution in [2.45, 2.75) is 39.2 Å². The lowest BCUT2D eigenvalue weighted by Crippen LogP contribution is -2.42. The Morgan fingerprint density at radius 1 is 1.42 bits per heavy atom. The number of hydrogen-bond donors (Lipinski definition) is 1. The molecule has 2 atom stereocenters. The summed E-state index contributed by atoms with van der Waals surface area (Å²) in [6.45, 7) is 6.40. The minimum Gasteiger partial charge on any atom is -0.363 e. The molecule has 19 heavy (non-hydrogen) atoms. The van der Waals surface area contributed by atoms with Gasteiger partial charge in [-0.2, -0.15) is 0 Å². The van der Waals surface area contributed by atoms with Crippen LogP contribution in [0.1, 0.15) is 44.8 Å². The third-order valence-corrected chi connectivity index (χ3v) is 4.46. The summed E-state index contributed by atoms with van der Waals surface area (Å²) in [4.78, 5) is 2.39. The van der Waals surface area contributed by atoms with Crippen LogP contribution in [-0.4, -0.2) is 27.7 Å². The first-order valence-electron chi connectivity index (χ1n) is 7.29. The highest BCUT2D eigenvalue weighted by molar-refractivity contribution is 7.80. The van der Waals surface area contributed by atoms with E-state index in [4.69, 9.17) is 12.2 Å². The Labute approximate surface area is 122 Å². The molecule has 4 heteroatoms. The van der Waals surface area contributed by atoms with E-state index in [1.807, 2.05) is 0 Å². The highest BCUT2D eigenvalue weighted by Gasteiger charge is 2.27. The molecular formula is C15H25N3S. The third kappa shape index (κ3) is 3.30. The molecule has 1 saturated heterocycles. The Bertz CT molecular complexity index is 427. The predicted molar refractivity (Wildman–Crippen MR) is 84.1 cm³/mol. The van der Waals surface area contributed by atoms with Crippen LogP contribution in [0.3, 0.4) is 0 Å². The molecule has 1 aliphatic rings. The van der Waals surface area contributed by atoms with Gasteiger partial charge in [0, 0.05) is 32.0 Å². The van der Waals surface area contributed by atoms with Crippen LogP contribution in [0.25, 0.3) is 0 Å². The molecule has 0 amide bonds. The van der Waals surface area contributed by atoms with E-state index in [1.165, 1.54) is 25.0 Å². The van der Waals surface area contributed by atoms with Gasteiger partial charge in [0.05, 0.1) is 6.04 Å². The van der Waals surface area contributed by atoms with E-state index in [0.29, 0.717) is 6.04 Å². The summed E-state index contributed by atoms with van der Waals surface area (Å²) in [6.07, 6.45) is 5.82. The zero-order chi connectivity index (χ0) is 13.8. The SMILES string of the molecule is CCNC(=S)N1CC[C@H](C)CC[C@@H]1c1cccn1C. The lowest BCUT2D eigenvalue weighted by atomic mass is 10.0. The number of aryl methyl sites for hydroxylation is 1. The number of thiocarbonyl (C=S) groups is 1. The molecule has 0 aromatic carbocycles. The van der Waals surface area contributed by atoms with Crippen molar-refractivity contribution in [1.82, 2.24) is 14.8 Å². The summed E-state index contributed by atoms with van der Waals surface area (Å²) in [5.41, 5.74) is 1.37. The predicted octanol–water partition coefficient (Wildman–Crippen LogP) is 3.08. The van der Waals surface area contributed by atoms with Gasteiger partial charge in [-0.1, -0.05) is 6.92 Å². The smallest absolute Gasteiger partial charge is 0.169 e. The van der Waals surface area contributed by atoms with E-state index in [1.54, 1.807) is 0 Å². The van der Waals surface area contributed by atoms with Crippen molar-refractivity contribution in [2.75, 3.05) is 13.1 Å². The van der Waals surface area contributed by atoms with Crippen molar-refractivity contribution in [3.05, 3.63) is 24.0 Å². The Hall–Kier alpha value is -1.03. The van der Waals surface area contributed by atoms with Gasteiger partial charge in [-0.05, 0) is 56.5 Å². The van der Waals surface area contributed by atoms with Gasteiger partial charge in [0.15, 0.2) is 5.11 Å². The first-order chi connectivity index (χ1) is 9.13. The van der Waals surface area contributed by atoms with E-state index >= 15 is 0 Å². The number of rotatable bonds is 2. The van der Waals surface area contributed by atoms with Gasteiger partial charge in [0.1, 0.15) is 0 Å². The van der Waals surface area contributed by atoms with Crippen LogP contribution in [0.5, 0.6) is 0 Å². The molecule has 2 heterocycles. The Morgan fingerprint density at radius 3 is 2.84 bits per heavy atom. The van der Waals surface area contributed by atoms with Crippen LogP contribution in [0.15, 0.2) is 18.3 Å². The summed E-state index contributed by atoms with van der Waals surface area (Å²) in [6, 6.07) is 4.76. The quantitative estimate of drug-likeness (QED) is 0.840. The number of aromatic nitrogens is 1. The van der Waals surface area contributed by atoms with Crippen molar-refractivity contribution in [3.8, 4) is 0 Å². The molecule has 1 fully saturated rings. The minimum absolute atomic E-state index is 0.413. The molecule has 0 saturated carbocycles. The van der Waals surface area contributed by atoms with Gasteiger partial charge in [-0.15, -0.1) is 0 Å². The van der Waals surface area contributed by atoms with E-state index in [0.717, 1.165) is 24.1 Å². The van der Waals surface area contributed by atoms with Gasteiger partial charge in [-0.25, -0.2) is 0 Å². The van der Waals surface area contributed by atoms with Gasteiger partial charge < -0.3 is 14.8 Å². The first-order valence-corrected chi connectivity index (χ1v) is 7.70. The summed E-state index contributed by atoms with van der Waals surface area (Å²) in [5, 5.41) is 4.22. The van der Waals surface area contributed by atoms with Crippen LogP contribution >= 0.6 is 12.2 Å². The molecule has 0 aliphatic carbocycles. The van der Waals surface area contributed by atoms with Crippen molar-refractivity contribution < 1.29 is 0 Å². The highest BCUT2D eigenvalue weighted by atomic mass is 32.1. The molecule has 1 N–H and O–H groups in total. The second kappa shape index (κ2) is 6.42. The number of likely N-dealkylation sites (tertiary alicyclic amines) is 1. The second-order valence-electron chi connectivity index (χ2n) is 5.56. The van der Waals surface area contributed by atoms with Gasteiger partial charge >= 0.3 is 0 Å². The average molecular weight is 279 g/mol. The molecule has 106 valence electrons. The van der Waals surface area contributed by atoms with Crippen LogP contribution in [0, 0.1) is 5.92 Å². The van der Waals surface area contributed by atoms with Crippen LogP contribution in [-0.2, 0) is 7.05 Å². The van der Waals surface area contributed by atoms with E-state index in [-0.39, 0.29) is 0 Å². The fourth-order valence-electron chi connectivity index (χ4n) is 2.88. The monoisotopic (exact) mass is 279 g/mol. The third-order valence-electron chi connectivity index (χ3n) is 4.09. The minimum atomic E-state index is 0.413. The lowest BCUT2D eigenvalue weighted by molar-refractivity contribution is 0.306. The fraction of sp³-hybridized carbons (Fsp3) is 0.667. The van der Waals surface area contributed by atoms with Gasteiger partial charge in [0.2, 0.25) is 0 Å². The number of nitrogens with zero attached hydrogens (tertiary/aromatic N) is 2. The van der Waals surface area contributed by atoms with E-state index < -0.39 is 0 Å². The van der Waals surface area contributed by atoms with Crippen molar-refractivity contribution >= 4 is 17.3 Å². The molecular weight excluding hydrogens is 254 g/mol.